The lowest BCUT2D eigenvalue weighted by Crippen LogP contribution is -2.67. The maximum atomic E-state index is 14.4. The van der Waals surface area contributed by atoms with Crippen LogP contribution >= 0.6 is 11.6 Å². The van der Waals surface area contributed by atoms with Crippen molar-refractivity contribution in [3.05, 3.63) is 56.7 Å². The Morgan fingerprint density at radius 2 is 1.94 bits per heavy atom. The molecule has 12 nitrogen and oxygen atoms in total. The molecule has 6 rings (SSSR count). The van der Waals surface area contributed by atoms with Gasteiger partial charge in [-0.1, -0.05) is 24.6 Å². The van der Waals surface area contributed by atoms with Crippen molar-refractivity contribution in [2.45, 2.75) is 90.2 Å². The van der Waals surface area contributed by atoms with E-state index in [4.69, 9.17) is 23.8 Å². The minimum absolute atomic E-state index is 0.0272. The van der Waals surface area contributed by atoms with Gasteiger partial charge in [0.15, 0.2) is 5.82 Å². The molecule has 1 aromatic carbocycles. The lowest BCUT2D eigenvalue weighted by Gasteiger charge is -2.54. The molecule has 3 aliphatic rings. The first-order valence-electron chi connectivity index (χ1n) is 17.2. The number of anilines is 2. The average Bonchev–Trinajstić information content (AvgIpc) is 3.37. The molecule has 0 radical (unpaired) electrons. The number of alkyl halides is 3. The molecule has 2 aromatic heterocycles. The minimum Gasteiger partial charge on any atom is -0.444 e. The summed E-state index contributed by atoms with van der Waals surface area (Å²) in [6, 6.07) is 2.21. The number of hydrogen-bond acceptors (Lipinski definition) is 8. The Labute approximate surface area is 288 Å². The summed E-state index contributed by atoms with van der Waals surface area (Å²) in [5.74, 6) is -0.418. The number of nitrogens with zero attached hydrogens (tertiary/aromatic N) is 6. The van der Waals surface area contributed by atoms with E-state index in [1.807, 2.05) is 11.8 Å². The monoisotopic (exact) mass is 707 g/mol. The van der Waals surface area contributed by atoms with Gasteiger partial charge in [0.2, 0.25) is 11.7 Å². The molecule has 0 bridgehead atoms. The van der Waals surface area contributed by atoms with E-state index >= 15 is 0 Å². The number of carbonyl (C=O) groups is 2. The highest BCUT2D eigenvalue weighted by Crippen LogP contribution is 2.38. The van der Waals surface area contributed by atoms with E-state index in [-0.39, 0.29) is 60.3 Å². The van der Waals surface area contributed by atoms with Crippen LogP contribution in [-0.4, -0.2) is 80.0 Å². The number of nitrogens with one attached hydrogen (secondary N) is 1. The fraction of sp³-hybridized carbons (Fsp3) is 0.545. The van der Waals surface area contributed by atoms with Gasteiger partial charge in [0, 0.05) is 25.7 Å². The highest BCUT2D eigenvalue weighted by molar-refractivity contribution is 6.33. The molecule has 49 heavy (non-hydrogen) atoms. The van der Waals surface area contributed by atoms with E-state index in [9.17, 15) is 27.6 Å². The average molecular weight is 708 g/mol. The van der Waals surface area contributed by atoms with Crippen molar-refractivity contribution in [3.63, 3.8) is 0 Å². The lowest BCUT2D eigenvalue weighted by atomic mass is 9.81. The number of rotatable bonds is 6. The van der Waals surface area contributed by atoms with E-state index < -0.39 is 48.0 Å². The first-order valence-corrected chi connectivity index (χ1v) is 16.5. The topological polar surface area (TPSA) is 123 Å². The summed E-state index contributed by atoms with van der Waals surface area (Å²) in [6.07, 6.45) is -1.42. The second-order valence-electron chi connectivity index (χ2n) is 13.2. The van der Waals surface area contributed by atoms with Crippen LogP contribution in [0, 0.1) is 0 Å². The molecule has 2 aliphatic heterocycles. The van der Waals surface area contributed by atoms with Crippen molar-refractivity contribution in [1.82, 2.24) is 24.1 Å². The van der Waals surface area contributed by atoms with Gasteiger partial charge in [-0.25, -0.2) is 4.79 Å². The van der Waals surface area contributed by atoms with Crippen LogP contribution in [0.1, 0.15) is 73.2 Å². The van der Waals surface area contributed by atoms with Crippen molar-refractivity contribution in [2.24, 2.45) is 0 Å². The fourth-order valence-corrected chi connectivity index (χ4v) is 6.72. The molecule has 4 heterocycles. The van der Waals surface area contributed by atoms with E-state index in [1.165, 1.54) is 0 Å². The van der Waals surface area contributed by atoms with E-state index in [0.717, 1.165) is 22.7 Å². The van der Waals surface area contributed by atoms with Crippen molar-refractivity contribution < 1.29 is 35.0 Å². The van der Waals surface area contributed by atoms with Gasteiger partial charge in [0.05, 0.1) is 37.4 Å². The zero-order valence-electron chi connectivity index (χ0n) is 29.6. The quantitative estimate of drug-likeness (QED) is 0.354. The second-order valence-corrected chi connectivity index (χ2v) is 13.6. The number of carbonyl (C=O) groups excluding carboxylic acids is 2. The van der Waals surface area contributed by atoms with Gasteiger partial charge < -0.3 is 29.2 Å². The molecule has 2 fully saturated rings. The Hall–Kier alpha value is -4.11. The predicted octanol–water partition coefficient (Wildman–Crippen LogP) is 5.55. The molecule has 264 valence electrons. The molecule has 1 saturated heterocycles. The van der Waals surface area contributed by atoms with Gasteiger partial charge in [-0.3, -0.25) is 9.59 Å². The second kappa shape index (κ2) is 13.3. The van der Waals surface area contributed by atoms with Crippen LogP contribution in [-0.2, 0) is 33.4 Å². The van der Waals surface area contributed by atoms with Crippen LogP contribution in [0.25, 0.3) is 11.4 Å². The fourth-order valence-electron chi connectivity index (χ4n) is 6.49. The number of hydrogen-bond donors (Lipinski definition) is 1. The number of allylic oxidation sites excluding steroid dienone is 1. The van der Waals surface area contributed by atoms with Crippen molar-refractivity contribution in [2.75, 3.05) is 36.5 Å². The Morgan fingerprint density at radius 1 is 1.18 bits per heavy atom. The molecular weight excluding hydrogens is 667 g/mol. The van der Waals surface area contributed by atoms with Gasteiger partial charge in [0.1, 0.15) is 17.8 Å². The molecular formula is C33H39ClF3N7O5. The van der Waals surface area contributed by atoms with Gasteiger partial charge in [-0.2, -0.15) is 22.7 Å². The number of piperazine rings is 1. The normalized spacial score (nSPS) is 21.6. The number of benzene rings is 1. The SMILES string of the molecule is [2H]C1([2H])CCC(c2nc3n(CC(=O)Nc4ccc(C(F)(F)F)cc4Cl)c(CC)c(N4CCN(C(=O)OC(C)(C)C)[C@H]5CC[C@@H]54)c(=O)n3n2)=CCO1. The summed E-state index contributed by atoms with van der Waals surface area (Å²) in [7, 11) is 0. The van der Waals surface area contributed by atoms with Gasteiger partial charge in [-0.15, -0.1) is 5.10 Å². The molecule has 0 spiro atoms. The minimum atomic E-state index is -4.62. The first-order chi connectivity index (χ1) is 23.9. The predicted molar refractivity (Wildman–Crippen MR) is 177 cm³/mol. The number of amides is 2. The van der Waals surface area contributed by atoms with Crippen LogP contribution in [0.2, 0.25) is 5.02 Å². The molecule has 1 saturated carbocycles. The zero-order chi connectivity index (χ0) is 37.0. The molecule has 1 aliphatic carbocycles. The van der Waals surface area contributed by atoms with Crippen LogP contribution in [0.3, 0.4) is 0 Å². The summed E-state index contributed by atoms with van der Waals surface area (Å²) < 4.78 is 69.3. The standard InChI is InChI=1S/C33H39ClF3N7O5/c1-5-23-27(41-13-14-42(25-11-10-24(25)41)31(47)49-32(2,3)4)29(46)44-30(39-28(40-44)19-7-6-15-48-16-12-19)43(23)18-26(45)38-22-9-8-20(17-21(22)34)33(35,36)37/h8-9,12,17,24-25H,5-7,10-11,13-16,18H2,1-4H3,(H,38,45)/t24-,25-/m0/s1/i15D2. The Morgan fingerprint density at radius 3 is 2.59 bits per heavy atom. The number of ether oxygens (including phenoxy) is 2. The van der Waals surface area contributed by atoms with Gasteiger partial charge >= 0.3 is 12.3 Å². The largest absolute Gasteiger partial charge is 0.444 e. The van der Waals surface area contributed by atoms with E-state index in [1.54, 1.807) is 36.3 Å². The zero-order valence-corrected chi connectivity index (χ0v) is 28.3. The summed E-state index contributed by atoms with van der Waals surface area (Å²) in [5.41, 5.74) is -0.800. The third-order valence-electron chi connectivity index (χ3n) is 8.83. The van der Waals surface area contributed by atoms with E-state index in [2.05, 4.69) is 15.4 Å². The summed E-state index contributed by atoms with van der Waals surface area (Å²) in [6.45, 7) is 5.54. The van der Waals surface area contributed by atoms with Gasteiger partial charge in [-0.05, 0) is 76.6 Å². The summed E-state index contributed by atoms with van der Waals surface area (Å²) in [5, 5.41) is 6.84. The van der Waals surface area contributed by atoms with Crippen LogP contribution < -0.4 is 15.8 Å². The Kier molecular flexibility index (Phi) is 8.72. The van der Waals surface area contributed by atoms with Crippen LogP contribution in [0.15, 0.2) is 29.1 Å². The summed E-state index contributed by atoms with van der Waals surface area (Å²) >= 11 is 6.14. The van der Waals surface area contributed by atoms with Crippen molar-refractivity contribution >= 4 is 46.3 Å². The Balaban J connectivity index is 1.40. The molecule has 16 heteroatoms. The highest BCUT2D eigenvalue weighted by Gasteiger charge is 2.47. The number of halogens is 4. The molecule has 1 N–H and O–H groups in total. The number of fused-ring (bicyclic) bond motifs is 2. The molecule has 2 atom stereocenters. The maximum absolute atomic E-state index is 14.4. The smallest absolute Gasteiger partial charge is 0.416 e. The molecule has 2 amide bonds. The highest BCUT2D eigenvalue weighted by atomic mass is 35.5. The van der Waals surface area contributed by atoms with Crippen molar-refractivity contribution in [1.29, 1.82) is 0 Å². The molecule has 0 unspecified atom stereocenters. The van der Waals surface area contributed by atoms with Gasteiger partial charge in [0.25, 0.3) is 5.56 Å². The Bertz CT molecular complexity index is 1960. The molecule has 3 aromatic rings. The number of aromatic nitrogens is 4. The maximum Gasteiger partial charge on any atom is 0.416 e. The van der Waals surface area contributed by atoms with Crippen molar-refractivity contribution in [3.8, 4) is 0 Å². The lowest BCUT2D eigenvalue weighted by molar-refractivity contribution is -0.137. The van der Waals surface area contributed by atoms with E-state index in [0.29, 0.717) is 42.9 Å². The third-order valence-corrected chi connectivity index (χ3v) is 9.14. The third kappa shape index (κ3) is 7.00. The van der Waals surface area contributed by atoms with Crippen LogP contribution in [0.5, 0.6) is 0 Å². The summed E-state index contributed by atoms with van der Waals surface area (Å²) in [4.78, 5) is 49.4. The first kappa shape index (κ1) is 32.1. The van der Waals surface area contributed by atoms with Crippen LogP contribution in [0.4, 0.5) is 29.3 Å².